The van der Waals surface area contributed by atoms with Crippen molar-refractivity contribution in [1.82, 2.24) is 19.6 Å². The molecule has 0 unspecified atom stereocenters. The van der Waals surface area contributed by atoms with Crippen LogP contribution in [-0.4, -0.2) is 30.4 Å². The summed E-state index contributed by atoms with van der Waals surface area (Å²) in [6.45, 7) is 2.03. The average Bonchev–Trinajstić information content (AvgIpc) is 3.16. The Kier molecular flexibility index (Phi) is 4.55. The molecule has 0 saturated heterocycles. The molecule has 0 aliphatic carbocycles. The number of hydrogen-bond donors (Lipinski definition) is 1. The Morgan fingerprint density at radius 3 is 2.72 bits per heavy atom. The lowest BCUT2D eigenvalue weighted by atomic mass is 10.2. The molecule has 2 heterocycles. The van der Waals surface area contributed by atoms with Crippen LogP contribution < -0.4 is 5.32 Å². The largest absolute Gasteiger partial charge is 0.309 e. The molecule has 3 rings (SSSR count). The minimum Gasteiger partial charge on any atom is -0.308 e. The number of carbonyl (C=O) groups is 1. The summed E-state index contributed by atoms with van der Waals surface area (Å²) >= 11 is 0. The van der Waals surface area contributed by atoms with Crippen LogP contribution in [0, 0.1) is 17.0 Å². The predicted octanol–water partition coefficient (Wildman–Crippen LogP) is 1.98. The van der Waals surface area contributed by atoms with Crippen molar-refractivity contribution in [2.75, 3.05) is 5.32 Å². The zero-order chi connectivity index (χ0) is 17.8. The molecule has 3 aromatic rings. The Balaban J connectivity index is 1.61. The van der Waals surface area contributed by atoms with Crippen LogP contribution in [0.3, 0.4) is 0 Å². The van der Waals surface area contributed by atoms with Gasteiger partial charge in [0.15, 0.2) is 5.82 Å². The van der Waals surface area contributed by atoms with Gasteiger partial charge in [-0.2, -0.15) is 10.2 Å². The van der Waals surface area contributed by atoms with E-state index in [0.29, 0.717) is 18.1 Å². The van der Waals surface area contributed by atoms with Crippen LogP contribution in [-0.2, 0) is 17.9 Å². The van der Waals surface area contributed by atoms with Gasteiger partial charge < -0.3 is 5.32 Å². The zero-order valence-corrected chi connectivity index (χ0v) is 13.5. The van der Waals surface area contributed by atoms with E-state index in [2.05, 4.69) is 15.5 Å². The molecule has 1 aromatic carbocycles. The minimum absolute atomic E-state index is 0.111. The molecule has 0 aliphatic heterocycles. The first kappa shape index (κ1) is 16.4. The molecule has 0 radical (unpaired) electrons. The summed E-state index contributed by atoms with van der Waals surface area (Å²) in [7, 11) is 0. The van der Waals surface area contributed by atoms with Gasteiger partial charge in [0.05, 0.1) is 11.5 Å². The Morgan fingerprint density at radius 2 is 2.04 bits per heavy atom. The number of hydrogen-bond acceptors (Lipinski definition) is 5. The highest BCUT2D eigenvalue weighted by Crippen LogP contribution is 2.16. The molecular weight excluding hydrogens is 324 g/mol. The van der Waals surface area contributed by atoms with Crippen molar-refractivity contribution in [2.45, 2.75) is 20.0 Å². The molecule has 1 N–H and O–H groups in total. The SMILES string of the molecule is Cc1c([N+](=O)[O-])cnn1CC(=O)Nc1ccn(Cc2ccccc2)n1. The van der Waals surface area contributed by atoms with Crippen LogP contribution in [0.2, 0.25) is 0 Å². The third-order valence-corrected chi connectivity index (χ3v) is 3.66. The van der Waals surface area contributed by atoms with Crippen molar-refractivity contribution >= 4 is 17.4 Å². The van der Waals surface area contributed by atoms with Crippen LogP contribution in [0.5, 0.6) is 0 Å². The second kappa shape index (κ2) is 6.95. The molecule has 0 atom stereocenters. The van der Waals surface area contributed by atoms with Crippen molar-refractivity contribution in [3.05, 3.63) is 70.2 Å². The maximum absolute atomic E-state index is 12.1. The Bertz CT molecular complexity index is 900. The van der Waals surface area contributed by atoms with Gasteiger partial charge >= 0.3 is 5.69 Å². The summed E-state index contributed by atoms with van der Waals surface area (Å²) in [5.41, 5.74) is 1.32. The number of nitrogens with one attached hydrogen (secondary N) is 1. The number of anilines is 1. The van der Waals surface area contributed by atoms with Crippen LogP contribution in [0.1, 0.15) is 11.3 Å². The van der Waals surface area contributed by atoms with Gasteiger partial charge in [-0.15, -0.1) is 0 Å². The minimum atomic E-state index is -0.526. The summed E-state index contributed by atoms with van der Waals surface area (Å²) in [5, 5.41) is 21.6. The summed E-state index contributed by atoms with van der Waals surface area (Å²) in [5.74, 6) is 0.0614. The number of benzene rings is 1. The molecule has 128 valence electrons. The van der Waals surface area contributed by atoms with Crippen LogP contribution in [0.4, 0.5) is 11.5 Å². The third kappa shape index (κ3) is 3.89. The zero-order valence-electron chi connectivity index (χ0n) is 13.5. The molecule has 2 aromatic heterocycles. The van der Waals surface area contributed by atoms with Crippen LogP contribution >= 0.6 is 0 Å². The van der Waals surface area contributed by atoms with Gasteiger partial charge in [0.2, 0.25) is 5.91 Å². The van der Waals surface area contributed by atoms with Gasteiger partial charge in [-0.05, 0) is 12.5 Å². The fourth-order valence-corrected chi connectivity index (χ4v) is 2.38. The second-order valence-corrected chi connectivity index (χ2v) is 5.46. The van der Waals surface area contributed by atoms with E-state index in [1.807, 2.05) is 30.3 Å². The first-order chi connectivity index (χ1) is 12.0. The number of carbonyl (C=O) groups excluding carboxylic acids is 1. The molecule has 0 aliphatic rings. The number of nitrogens with zero attached hydrogens (tertiary/aromatic N) is 5. The number of aromatic nitrogens is 4. The highest BCUT2D eigenvalue weighted by Gasteiger charge is 2.18. The van der Waals surface area contributed by atoms with Gasteiger partial charge in [0.1, 0.15) is 18.4 Å². The lowest BCUT2D eigenvalue weighted by Gasteiger charge is -2.04. The van der Waals surface area contributed by atoms with Gasteiger partial charge in [0, 0.05) is 12.3 Å². The molecule has 0 bridgehead atoms. The standard InChI is InChI=1S/C16H16N6O3/c1-12-14(22(24)25)9-17-21(12)11-16(23)18-15-7-8-20(19-15)10-13-5-3-2-4-6-13/h2-9H,10-11H2,1H3,(H,18,19,23). The monoisotopic (exact) mass is 340 g/mol. The number of rotatable bonds is 6. The van der Waals surface area contributed by atoms with Crippen molar-refractivity contribution in [3.63, 3.8) is 0 Å². The Morgan fingerprint density at radius 1 is 1.28 bits per heavy atom. The number of nitro groups is 1. The molecule has 0 spiro atoms. The van der Waals surface area contributed by atoms with Crippen molar-refractivity contribution in [3.8, 4) is 0 Å². The molecule has 1 amide bonds. The topological polar surface area (TPSA) is 108 Å². The summed E-state index contributed by atoms with van der Waals surface area (Å²) in [4.78, 5) is 22.4. The van der Waals surface area contributed by atoms with E-state index in [4.69, 9.17) is 0 Å². The maximum atomic E-state index is 12.1. The van der Waals surface area contributed by atoms with Gasteiger partial charge in [0.25, 0.3) is 0 Å². The fraction of sp³-hybridized carbons (Fsp3) is 0.188. The predicted molar refractivity (Wildman–Crippen MR) is 90.0 cm³/mol. The van der Waals surface area contributed by atoms with E-state index < -0.39 is 4.92 Å². The van der Waals surface area contributed by atoms with Gasteiger partial charge in [-0.1, -0.05) is 30.3 Å². The first-order valence-electron chi connectivity index (χ1n) is 7.57. The maximum Gasteiger partial charge on any atom is 0.309 e. The van der Waals surface area contributed by atoms with E-state index in [-0.39, 0.29) is 18.1 Å². The Hall–Kier alpha value is -3.49. The van der Waals surface area contributed by atoms with Crippen LogP contribution in [0.15, 0.2) is 48.8 Å². The van der Waals surface area contributed by atoms with Crippen molar-refractivity contribution in [2.24, 2.45) is 0 Å². The highest BCUT2D eigenvalue weighted by molar-refractivity contribution is 5.89. The summed E-state index contributed by atoms with van der Waals surface area (Å²) in [6.07, 6.45) is 2.91. The second-order valence-electron chi connectivity index (χ2n) is 5.46. The molecule has 25 heavy (non-hydrogen) atoms. The molecular formula is C16H16N6O3. The molecule has 0 fully saturated rings. The molecule has 9 heteroatoms. The lowest BCUT2D eigenvalue weighted by Crippen LogP contribution is -2.20. The normalized spacial score (nSPS) is 10.6. The summed E-state index contributed by atoms with van der Waals surface area (Å²) < 4.78 is 3.00. The van der Waals surface area contributed by atoms with Crippen molar-refractivity contribution < 1.29 is 9.72 Å². The van der Waals surface area contributed by atoms with Crippen LogP contribution in [0.25, 0.3) is 0 Å². The Labute approximate surface area is 143 Å². The molecule has 0 saturated carbocycles. The third-order valence-electron chi connectivity index (χ3n) is 3.66. The van der Waals surface area contributed by atoms with Gasteiger partial charge in [-0.3, -0.25) is 24.3 Å². The number of amides is 1. The fourth-order valence-electron chi connectivity index (χ4n) is 2.38. The van der Waals surface area contributed by atoms with E-state index >= 15 is 0 Å². The lowest BCUT2D eigenvalue weighted by molar-refractivity contribution is -0.385. The van der Waals surface area contributed by atoms with Gasteiger partial charge in [-0.25, -0.2) is 0 Å². The highest BCUT2D eigenvalue weighted by atomic mass is 16.6. The quantitative estimate of drug-likeness (QED) is 0.545. The summed E-state index contributed by atoms with van der Waals surface area (Å²) in [6, 6.07) is 11.5. The molecule has 9 nitrogen and oxygen atoms in total. The average molecular weight is 340 g/mol. The first-order valence-corrected chi connectivity index (χ1v) is 7.57. The smallest absolute Gasteiger partial charge is 0.308 e. The van der Waals surface area contributed by atoms with Crippen molar-refractivity contribution in [1.29, 1.82) is 0 Å². The van der Waals surface area contributed by atoms with E-state index in [0.717, 1.165) is 11.8 Å². The van der Waals surface area contributed by atoms with E-state index in [9.17, 15) is 14.9 Å². The van der Waals surface area contributed by atoms with E-state index in [1.54, 1.807) is 23.9 Å². The van der Waals surface area contributed by atoms with E-state index in [1.165, 1.54) is 4.68 Å².